The van der Waals surface area contributed by atoms with Crippen molar-refractivity contribution in [2.45, 2.75) is 25.2 Å². The average Bonchev–Trinajstić information content (AvgIpc) is 2.19. The number of aromatic nitrogens is 1. The van der Waals surface area contributed by atoms with Crippen LogP contribution in [-0.2, 0) is 10.2 Å². The summed E-state index contributed by atoms with van der Waals surface area (Å²) in [7, 11) is 0. The van der Waals surface area contributed by atoms with Crippen molar-refractivity contribution >= 4 is 15.9 Å². The second-order valence-corrected chi connectivity index (χ2v) is 4.86. The lowest BCUT2D eigenvalue weighted by atomic mass is 9.77. The summed E-state index contributed by atoms with van der Waals surface area (Å²) in [5, 5.41) is 0. The second-order valence-electron chi connectivity index (χ2n) is 4.04. The number of hydrogen-bond acceptors (Lipinski definition) is 2. The fourth-order valence-corrected chi connectivity index (χ4v) is 2.08. The fourth-order valence-electron chi connectivity index (χ4n) is 1.84. The molecule has 76 valence electrons. The number of nitrogens with zero attached hydrogens (tertiary/aromatic N) is 1. The molecule has 0 radical (unpaired) electrons. The first-order valence-electron chi connectivity index (χ1n) is 4.90. The summed E-state index contributed by atoms with van der Waals surface area (Å²) in [5.74, 6) is 0. The molecule has 2 nitrogen and oxygen atoms in total. The van der Waals surface area contributed by atoms with Gasteiger partial charge in [-0.05, 0) is 45.8 Å². The predicted octanol–water partition coefficient (Wildman–Crippen LogP) is 2.91. The van der Waals surface area contributed by atoms with Crippen LogP contribution in [0.2, 0.25) is 0 Å². The molecule has 1 saturated heterocycles. The molecule has 0 bridgehead atoms. The van der Waals surface area contributed by atoms with Gasteiger partial charge in [-0.25, -0.2) is 4.98 Å². The van der Waals surface area contributed by atoms with E-state index in [1.807, 2.05) is 12.3 Å². The van der Waals surface area contributed by atoms with Gasteiger partial charge in [-0.1, -0.05) is 13.0 Å². The Morgan fingerprint density at radius 1 is 1.36 bits per heavy atom. The van der Waals surface area contributed by atoms with Crippen molar-refractivity contribution in [1.82, 2.24) is 4.98 Å². The highest BCUT2D eigenvalue weighted by molar-refractivity contribution is 9.10. The van der Waals surface area contributed by atoms with E-state index in [4.69, 9.17) is 4.74 Å². The van der Waals surface area contributed by atoms with Gasteiger partial charge in [0, 0.05) is 19.4 Å². The first-order valence-corrected chi connectivity index (χ1v) is 5.70. The Hall–Kier alpha value is -0.410. The minimum absolute atomic E-state index is 0.256. The van der Waals surface area contributed by atoms with Gasteiger partial charge in [0.05, 0.1) is 0 Å². The van der Waals surface area contributed by atoms with Crippen LogP contribution < -0.4 is 0 Å². The second kappa shape index (κ2) is 3.99. The van der Waals surface area contributed by atoms with Crippen LogP contribution in [0.5, 0.6) is 0 Å². The van der Waals surface area contributed by atoms with Gasteiger partial charge in [0.2, 0.25) is 0 Å². The first-order chi connectivity index (χ1) is 6.71. The van der Waals surface area contributed by atoms with Gasteiger partial charge in [-0.2, -0.15) is 0 Å². The van der Waals surface area contributed by atoms with E-state index in [1.165, 1.54) is 5.56 Å². The van der Waals surface area contributed by atoms with Crippen LogP contribution >= 0.6 is 15.9 Å². The highest BCUT2D eigenvalue weighted by atomic mass is 79.9. The maximum Gasteiger partial charge on any atom is 0.106 e. The summed E-state index contributed by atoms with van der Waals surface area (Å²) in [6.45, 7) is 4.03. The molecule has 0 aliphatic carbocycles. The van der Waals surface area contributed by atoms with Gasteiger partial charge in [0.1, 0.15) is 4.60 Å². The summed E-state index contributed by atoms with van der Waals surface area (Å²) in [5.41, 5.74) is 1.58. The monoisotopic (exact) mass is 255 g/mol. The summed E-state index contributed by atoms with van der Waals surface area (Å²) in [4.78, 5) is 4.28. The zero-order valence-electron chi connectivity index (χ0n) is 8.29. The summed E-state index contributed by atoms with van der Waals surface area (Å²) >= 11 is 3.35. The quantitative estimate of drug-likeness (QED) is 0.721. The molecular formula is C11H14BrNO. The third kappa shape index (κ3) is 1.98. The van der Waals surface area contributed by atoms with Crippen molar-refractivity contribution in [3.05, 3.63) is 28.5 Å². The summed E-state index contributed by atoms with van der Waals surface area (Å²) < 4.78 is 6.28. The Morgan fingerprint density at radius 3 is 2.64 bits per heavy atom. The molecule has 14 heavy (non-hydrogen) atoms. The fraction of sp³-hybridized carbons (Fsp3) is 0.545. The molecule has 0 saturated carbocycles. The molecule has 0 aromatic carbocycles. The topological polar surface area (TPSA) is 22.1 Å². The number of rotatable bonds is 1. The van der Waals surface area contributed by atoms with Crippen molar-refractivity contribution in [3.63, 3.8) is 0 Å². The zero-order valence-corrected chi connectivity index (χ0v) is 9.88. The van der Waals surface area contributed by atoms with E-state index in [2.05, 4.69) is 33.9 Å². The van der Waals surface area contributed by atoms with Gasteiger partial charge >= 0.3 is 0 Å². The van der Waals surface area contributed by atoms with E-state index < -0.39 is 0 Å². The number of halogens is 1. The van der Waals surface area contributed by atoms with E-state index in [1.54, 1.807) is 0 Å². The van der Waals surface area contributed by atoms with Crippen LogP contribution in [0.25, 0.3) is 0 Å². The molecule has 1 aromatic rings. The lowest BCUT2D eigenvalue weighted by Gasteiger charge is -2.33. The molecule has 0 N–H and O–H groups in total. The van der Waals surface area contributed by atoms with Crippen molar-refractivity contribution in [3.8, 4) is 0 Å². The number of hydrogen-bond donors (Lipinski definition) is 0. The van der Waals surface area contributed by atoms with Crippen LogP contribution in [0.4, 0.5) is 0 Å². The average molecular weight is 256 g/mol. The van der Waals surface area contributed by atoms with Crippen molar-refractivity contribution in [2.75, 3.05) is 13.2 Å². The van der Waals surface area contributed by atoms with Crippen molar-refractivity contribution in [1.29, 1.82) is 0 Å². The van der Waals surface area contributed by atoms with E-state index >= 15 is 0 Å². The Morgan fingerprint density at radius 2 is 2.07 bits per heavy atom. The summed E-state index contributed by atoms with van der Waals surface area (Å²) in [6, 6.07) is 4.17. The molecule has 0 amide bonds. The molecule has 0 atom stereocenters. The molecule has 0 unspecified atom stereocenters. The van der Waals surface area contributed by atoms with E-state index in [0.717, 1.165) is 30.7 Å². The minimum Gasteiger partial charge on any atom is -0.381 e. The van der Waals surface area contributed by atoms with Crippen LogP contribution in [-0.4, -0.2) is 18.2 Å². The van der Waals surface area contributed by atoms with Crippen molar-refractivity contribution < 1.29 is 4.74 Å². The molecule has 3 heteroatoms. The van der Waals surface area contributed by atoms with Gasteiger partial charge in [-0.15, -0.1) is 0 Å². The molecule has 2 rings (SSSR count). The van der Waals surface area contributed by atoms with Gasteiger partial charge in [0.15, 0.2) is 0 Å². The standard InChI is InChI=1S/C11H14BrNO/c1-11(4-6-14-7-5-11)9-2-3-10(12)13-8-9/h2-3,8H,4-7H2,1H3. The Balaban J connectivity index is 2.23. The smallest absolute Gasteiger partial charge is 0.106 e. The molecule has 1 fully saturated rings. The van der Waals surface area contributed by atoms with Crippen LogP contribution in [0.15, 0.2) is 22.9 Å². The van der Waals surface area contributed by atoms with Crippen LogP contribution in [0, 0.1) is 0 Å². The normalized spacial score (nSPS) is 20.7. The SMILES string of the molecule is CC1(c2ccc(Br)nc2)CCOCC1. The lowest BCUT2D eigenvalue weighted by Crippen LogP contribution is -2.30. The van der Waals surface area contributed by atoms with Gasteiger partial charge in [0.25, 0.3) is 0 Å². The third-order valence-corrected chi connectivity index (χ3v) is 3.49. The van der Waals surface area contributed by atoms with Gasteiger partial charge in [-0.3, -0.25) is 0 Å². The van der Waals surface area contributed by atoms with E-state index in [-0.39, 0.29) is 5.41 Å². The molecular weight excluding hydrogens is 242 g/mol. The third-order valence-electron chi connectivity index (χ3n) is 3.02. The Labute approximate surface area is 92.8 Å². The minimum atomic E-state index is 0.256. The van der Waals surface area contributed by atoms with E-state index in [9.17, 15) is 0 Å². The largest absolute Gasteiger partial charge is 0.381 e. The first kappa shape index (κ1) is 10.1. The van der Waals surface area contributed by atoms with E-state index in [0.29, 0.717) is 0 Å². The predicted molar refractivity (Wildman–Crippen MR) is 59.3 cm³/mol. The summed E-state index contributed by atoms with van der Waals surface area (Å²) in [6.07, 6.45) is 4.15. The van der Waals surface area contributed by atoms with Crippen LogP contribution in [0.1, 0.15) is 25.3 Å². The molecule has 2 heterocycles. The Bertz CT molecular complexity index is 304. The maximum absolute atomic E-state index is 5.38. The highest BCUT2D eigenvalue weighted by Gasteiger charge is 2.29. The molecule has 1 aromatic heterocycles. The van der Waals surface area contributed by atoms with Gasteiger partial charge < -0.3 is 4.74 Å². The lowest BCUT2D eigenvalue weighted by molar-refractivity contribution is 0.0563. The molecule has 0 spiro atoms. The van der Waals surface area contributed by atoms with Crippen LogP contribution in [0.3, 0.4) is 0 Å². The number of ether oxygens (including phenoxy) is 1. The zero-order chi connectivity index (χ0) is 10.0. The Kier molecular flexibility index (Phi) is 2.88. The molecule has 1 aliphatic rings. The molecule has 1 aliphatic heterocycles. The highest BCUT2D eigenvalue weighted by Crippen LogP contribution is 2.33. The maximum atomic E-state index is 5.38. The number of pyridine rings is 1. The van der Waals surface area contributed by atoms with Crippen molar-refractivity contribution in [2.24, 2.45) is 0 Å².